The van der Waals surface area contributed by atoms with E-state index in [0.717, 1.165) is 0 Å². The van der Waals surface area contributed by atoms with Crippen LogP contribution in [0.4, 0.5) is 5.69 Å². The van der Waals surface area contributed by atoms with Gasteiger partial charge in [0.15, 0.2) is 0 Å². The highest BCUT2D eigenvalue weighted by atomic mass is 16.6. The van der Waals surface area contributed by atoms with Crippen molar-refractivity contribution in [1.82, 2.24) is 0 Å². The Bertz CT molecular complexity index is 664. The van der Waals surface area contributed by atoms with Crippen molar-refractivity contribution in [2.24, 2.45) is 10.9 Å². The number of nitrogens with two attached hydrogens (primary N) is 1. The fourth-order valence-electron chi connectivity index (χ4n) is 1.73. The van der Waals surface area contributed by atoms with Crippen molar-refractivity contribution in [2.75, 3.05) is 0 Å². The van der Waals surface area contributed by atoms with Gasteiger partial charge in [0.1, 0.15) is 5.71 Å². The number of carbonyl (C=O) groups excluding carboxylic acids is 1. The highest BCUT2D eigenvalue weighted by Crippen LogP contribution is 2.14. The second kappa shape index (κ2) is 5.75. The maximum atomic E-state index is 12.3. The number of nitro groups is 1. The fourth-order valence-corrected chi connectivity index (χ4v) is 1.73. The Labute approximate surface area is 114 Å². The van der Waals surface area contributed by atoms with Crippen LogP contribution in [0.3, 0.4) is 0 Å². The second-order valence-corrected chi connectivity index (χ2v) is 3.98. The molecule has 0 aromatic heterocycles. The minimum absolute atomic E-state index is 0.0581. The molecule has 2 aromatic rings. The number of hydrogen-bond acceptors (Lipinski definition) is 5. The molecule has 0 unspecified atom stereocenters. The van der Waals surface area contributed by atoms with E-state index in [4.69, 9.17) is 5.84 Å². The van der Waals surface area contributed by atoms with Crippen molar-refractivity contribution >= 4 is 17.2 Å². The summed E-state index contributed by atoms with van der Waals surface area (Å²) < 4.78 is 0. The topological polar surface area (TPSA) is 98.6 Å². The van der Waals surface area contributed by atoms with Crippen molar-refractivity contribution in [3.8, 4) is 0 Å². The van der Waals surface area contributed by atoms with Crippen LogP contribution < -0.4 is 5.84 Å². The lowest BCUT2D eigenvalue weighted by molar-refractivity contribution is -0.384. The molecule has 0 heterocycles. The predicted octanol–water partition coefficient (Wildman–Crippen LogP) is 2.14. The molecule has 0 saturated heterocycles. The normalized spacial score (nSPS) is 11.1. The number of benzene rings is 2. The van der Waals surface area contributed by atoms with Crippen LogP contribution in [0.15, 0.2) is 59.7 Å². The van der Waals surface area contributed by atoms with Gasteiger partial charge in [-0.25, -0.2) is 0 Å². The summed E-state index contributed by atoms with van der Waals surface area (Å²) >= 11 is 0. The fraction of sp³-hybridized carbons (Fsp3) is 0. The van der Waals surface area contributed by atoms with E-state index in [-0.39, 0.29) is 17.2 Å². The lowest BCUT2D eigenvalue weighted by Gasteiger charge is -2.04. The summed E-state index contributed by atoms with van der Waals surface area (Å²) in [6.45, 7) is 0. The maximum Gasteiger partial charge on any atom is 0.269 e. The number of rotatable bonds is 4. The quantitative estimate of drug-likeness (QED) is 0.302. The van der Waals surface area contributed by atoms with Crippen LogP contribution in [0.1, 0.15) is 15.9 Å². The van der Waals surface area contributed by atoms with E-state index >= 15 is 0 Å². The molecule has 0 saturated carbocycles. The average molecular weight is 269 g/mol. The van der Waals surface area contributed by atoms with Crippen LogP contribution in [0.5, 0.6) is 0 Å². The molecule has 0 aliphatic carbocycles. The van der Waals surface area contributed by atoms with Crippen LogP contribution >= 0.6 is 0 Å². The minimum atomic E-state index is -0.512. The molecule has 0 aliphatic heterocycles. The SMILES string of the molecule is NN=C(C(=O)c1ccccc1)c1ccc([N+](=O)[O-])cc1. The van der Waals surface area contributed by atoms with E-state index < -0.39 is 4.92 Å². The number of Topliss-reactive ketones (excluding diaryl/α,β-unsaturated/α-hetero) is 1. The van der Waals surface area contributed by atoms with Crippen molar-refractivity contribution in [1.29, 1.82) is 0 Å². The number of non-ortho nitro benzene ring substituents is 1. The third kappa shape index (κ3) is 2.69. The maximum absolute atomic E-state index is 12.3. The summed E-state index contributed by atoms with van der Waals surface area (Å²) in [5.41, 5.74) is 0.894. The van der Waals surface area contributed by atoms with E-state index in [1.165, 1.54) is 24.3 Å². The van der Waals surface area contributed by atoms with E-state index in [1.807, 2.05) is 0 Å². The van der Waals surface area contributed by atoms with Gasteiger partial charge in [0.05, 0.1) is 4.92 Å². The van der Waals surface area contributed by atoms with Gasteiger partial charge >= 0.3 is 0 Å². The van der Waals surface area contributed by atoms with Crippen LogP contribution in [0, 0.1) is 10.1 Å². The van der Waals surface area contributed by atoms with Crippen LogP contribution in [0.2, 0.25) is 0 Å². The number of carbonyl (C=O) groups is 1. The number of nitro benzene ring substituents is 1. The Kier molecular flexibility index (Phi) is 3.85. The summed E-state index contributed by atoms with van der Waals surface area (Å²) in [5.74, 6) is 4.94. The molecule has 0 spiro atoms. The molecule has 2 rings (SSSR count). The minimum Gasteiger partial charge on any atom is -0.323 e. The summed E-state index contributed by atoms with van der Waals surface area (Å²) in [5, 5.41) is 14.1. The third-order valence-corrected chi connectivity index (χ3v) is 2.73. The molecule has 2 aromatic carbocycles. The molecular formula is C14H11N3O3. The zero-order valence-electron chi connectivity index (χ0n) is 10.4. The Balaban J connectivity index is 2.34. The van der Waals surface area contributed by atoms with E-state index in [1.54, 1.807) is 30.3 Å². The van der Waals surface area contributed by atoms with Crippen molar-refractivity contribution in [2.45, 2.75) is 0 Å². The smallest absolute Gasteiger partial charge is 0.269 e. The number of ketones is 1. The Hall–Kier alpha value is -3.02. The summed E-state index contributed by atoms with van der Waals surface area (Å²) in [6, 6.07) is 14.1. The van der Waals surface area contributed by atoms with Gasteiger partial charge < -0.3 is 5.84 Å². The Morgan fingerprint density at radius 1 is 1.00 bits per heavy atom. The number of hydrogen-bond donors (Lipinski definition) is 1. The molecule has 0 atom stereocenters. The predicted molar refractivity (Wildman–Crippen MR) is 74.6 cm³/mol. The Morgan fingerprint density at radius 3 is 2.10 bits per heavy atom. The largest absolute Gasteiger partial charge is 0.323 e. The van der Waals surface area contributed by atoms with Gasteiger partial charge in [-0.2, -0.15) is 5.10 Å². The number of nitrogens with zero attached hydrogens (tertiary/aromatic N) is 2. The highest BCUT2D eigenvalue weighted by molar-refractivity contribution is 6.51. The molecule has 6 nitrogen and oxygen atoms in total. The molecule has 6 heteroatoms. The standard InChI is InChI=1S/C14H11N3O3/c15-16-13(14(18)11-4-2-1-3-5-11)10-6-8-12(9-7-10)17(19)20/h1-9H,15H2. The highest BCUT2D eigenvalue weighted by Gasteiger charge is 2.17. The lowest BCUT2D eigenvalue weighted by atomic mass is 10.0. The van der Waals surface area contributed by atoms with Crippen molar-refractivity contribution in [3.63, 3.8) is 0 Å². The van der Waals surface area contributed by atoms with Crippen LogP contribution in [-0.2, 0) is 0 Å². The van der Waals surface area contributed by atoms with Gasteiger partial charge in [-0.05, 0) is 12.1 Å². The molecule has 0 radical (unpaired) electrons. The van der Waals surface area contributed by atoms with Gasteiger partial charge in [0.25, 0.3) is 5.69 Å². The molecule has 0 bridgehead atoms. The van der Waals surface area contributed by atoms with Crippen molar-refractivity contribution in [3.05, 3.63) is 75.8 Å². The second-order valence-electron chi connectivity index (χ2n) is 3.98. The van der Waals surface area contributed by atoms with Gasteiger partial charge in [-0.1, -0.05) is 30.3 Å². The van der Waals surface area contributed by atoms with E-state index in [2.05, 4.69) is 5.10 Å². The molecule has 0 amide bonds. The summed E-state index contributed by atoms with van der Waals surface area (Å²) in [7, 11) is 0. The molecule has 2 N–H and O–H groups in total. The van der Waals surface area contributed by atoms with Gasteiger partial charge in [0, 0.05) is 23.3 Å². The molecule has 0 fully saturated rings. The van der Waals surface area contributed by atoms with Crippen LogP contribution in [-0.4, -0.2) is 16.4 Å². The third-order valence-electron chi connectivity index (χ3n) is 2.73. The zero-order valence-corrected chi connectivity index (χ0v) is 10.4. The molecule has 100 valence electrons. The van der Waals surface area contributed by atoms with Gasteiger partial charge in [-0.15, -0.1) is 0 Å². The molecular weight excluding hydrogens is 258 g/mol. The molecule has 0 aliphatic rings. The van der Waals surface area contributed by atoms with E-state index in [9.17, 15) is 14.9 Å². The first-order valence-electron chi connectivity index (χ1n) is 5.76. The Morgan fingerprint density at radius 2 is 1.60 bits per heavy atom. The van der Waals surface area contributed by atoms with Gasteiger partial charge in [0.2, 0.25) is 5.78 Å². The first-order valence-corrected chi connectivity index (χ1v) is 5.76. The first kappa shape index (κ1) is 13.4. The summed E-state index contributed by atoms with van der Waals surface area (Å²) in [4.78, 5) is 22.3. The first-order chi connectivity index (χ1) is 9.63. The number of hydrazone groups is 1. The zero-order chi connectivity index (χ0) is 14.5. The van der Waals surface area contributed by atoms with E-state index in [0.29, 0.717) is 11.1 Å². The van der Waals surface area contributed by atoms with Crippen LogP contribution in [0.25, 0.3) is 0 Å². The van der Waals surface area contributed by atoms with Gasteiger partial charge in [-0.3, -0.25) is 14.9 Å². The van der Waals surface area contributed by atoms with Crippen molar-refractivity contribution < 1.29 is 9.72 Å². The summed E-state index contributed by atoms with van der Waals surface area (Å²) in [6.07, 6.45) is 0. The molecule has 20 heavy (non-hydrogen) atoms. The average Bonchev–Trinajstić information content (AvgIpc) is 2.49. The monoisotopic (exact) mass is 269 g/mol. The lowest BCUT2D eigenvalue weighted by Crippen LogP contribution is -2.17.